The molecule has 6 heteroatoms. The van der Waals surface area contributed by atoms with E-state index in [2.05, 4.69) is 0 Å². The van der Waals surface area contributed by atoms with Gasteiger partial charge in [-0.15, -0.1) is 0 Å². The fourth-order valence-corrected chi connectivity index (χ4v) is 2.06. The van der Waals surface area contributed by atoms with Crippen LogP contribution in [0.25, 0.3) is 0 Å². The molecule has 0 bridgehead atoms. The van der Waals surface area contributed by atoms with Gasteiger partial charge in [-0.25, -0.2) is 8.78 Å². The van der Waals surface area contributed by atoms with Crippen LogP contribution in [-0.2, 0) is 0 Å². The number of nitrogen functional groups attached to an aromatic ring is 1. The van der Waals surface area contributed by atoms with Crippen molar-refractivity contribution in [2.45, 2.75) is 6.92 Å². The van der Waals surface area contributed by atoms with Gasteiger partial charge in [0.1, 0.15) is 5.75 Å². The molecule has 0 radical (unpaired) electrons. The number of halogens is 3. The van der Waals surface area contributed by atoms with Crippen LogP contribution >= 0.6 is 11.6 Å². The summed E-state index contributed by atoms with van der Waals surface area (Å²) in [7, 11) is 0. The summed E-state index contributed by atoms with van der Waals surface area (Å²) in [6, 6.07) is 5.97. The van der Waals surface area contributed by atoms with Crippen molar-refractivity contribution in [3.8, 4) is 5.75 Å². The van der Waals surface area contributed by atoms with Gasteiger partial charge >= 0.3 is 0 Å². The lowest BCUT2D eigenvalue weighted by Gasteiger charge is -2.09. The van der Waals surface area contributed by atoms with Crippen LogP contribution in [0.15, 0.2) is 30.3 Å². The Bertz CT molecular complexity index is 704. The molecule has 3 nitrogen and oxygen atoms in total. The van der Waals surface area contributed by atoms with Gasteiger partial charge in [-0.05, 0) is 37.3 Å². The van der Waals surface area contributed by atoms with E-state index in [1.807, 2.05) is 0 Å². The van der Waals surface area contributed by atoms with Gasteiger partial charge in [0, 0.05) is 11.1 Å². The largest absolute Gasteiger partial charge is 0.492 e. The molecule has 2 aromatic rings. The minimum Gasteiger partial charge on any atom is -0.492 e. The molecule has 0 atom stereocenters. The van der Waals surface area contributed by atoms with Crippen molar-refractivity contribution in [1.82, 2.24) is 0 Å². The summed E-state index contributed by atoms with van der Waals surface area (Å²) in [5.41, 5.74) is 6.14. The first-order valence-electron chi connectivity index (χ1n) is 6.15. The predicted octanol–water partition coefficient (Wildman–Crippen LogP) is 3.83. The first-order valence-corrected chi connectivity index (χ1v) is 6.53. The van der Waals surface area contributed by atoms with Crippen molar-refractivity contribution in [3.63, 3.8) is 0 Å². The van der Waals surface area contributed by atoms with E-state index in [4.69, 9.17) is 22.1 Å². The Morgan fingerprint density at radius 3 is 2.52 bits per heavy atom. The summed E-state index contributed by atoms with van der Waals surface area (Å²) in [4.78, 5) is 12.3. The van der Waals surface area contributed by atoms with Gasteiger partial charge in [-0.1, -0.05) is 11.6 Å². The van der Waals surface area contributed by atoms with Crippen LogP contribution in [0.4, 0.5) is 14.5 Å². The van der Waals surface area contributed by atoms with Gasteiger partial charge in [0.05, 0.1) is 17.3 Å². The third-order valence-electron chi connectivity index (χ3n) is 2.83. The predicted molar refractivity (Wildman–Crippen MR) is 76.8 cm³/mol. The first-order chi connectivity index (χ1) is 9.93. The van der Waals surface area contributed by atoms with Crippen LogP contribution in [-0.4, -0.2) is 12.4 Å². The highest BCUT2D eigenvalue weighted by molar-refractivity contribution is 6.35. The highest BCUT2D eigenvalue weighted by Crippen LogP contribution is 2.27. The summed E-state index contributed by atoms with van der Waals surface area (Å²) in [6.07, 6.45) is 0. The smallest absolute Gasteiger partial charge is 0.194 e. The lowest BCUT2D eigenvalue weighted by Crippen LogP contribution is -2.06. The number of rotatable bonds is 4. The lowest BCUT2D eigenvalue weighted by molar-refractivity contribution is 0.103. The van der Waals surface area contributed by atoms with E-state index in [-0.39, 0.29) is 21.8 Å². The number of carbonyl (C=O) groups excluding carboxylic acids is 1. The average molecular weight is 312 g/mol. The SMILES string of the molecule is CCOc1ccc(C(=O)c2cc(F)c(F)cc2Cl)cc1N. The van der Waals surface area contributed by atoms with Gasteiger partial charge in [-0.2, -0.15) is 0 Å². The quantitative estimate of drug-likeness (QED) is 0.530. The van der Waals surface area contributed by atoms with Crippen LogP contribution in [0.1, 0.15) is 22.8 Å². The standard InChI is InChI=1S/C15H12ClF2NO2/c1-2-21-14-4-3-8(5-13(14)19)15(20)9-6-11(17)12(18)7-10(9)16/h3-7H,2,19H2,1H3. The maximum atomic E-state index is 13.2. The third-order valence-corrected chi connectivity index (χ3v) is 3.14. The molecule has 0 amide bonds. The molecular weight excluding hydrogens is 300 g/mol. The third kappa shape index (κ3) is 3.13. The fraction of sp³-hybridized carbons (Fsp3) is 0.133. The van der Waals surface area contributed by atoms with E-state index in [0.717, 1.165) is 12.1 Å². The molecule has 2 N–H and O–H groups in total. The van der Waals surface area contributed by atoms with Gasteiger partial charge in [0.15, 0.2) is 17.4 Å². The Balaban J connectivity index is 2.41. The van der Waals surface area contributed by atoms with Crippen LogP contribution < -0.4 is 10.5 Å². The van der Waals surface area contributed by atoms with E-state index in [1.165, 1.54) is 12.1 Å². The van der Waals surface area contributed by atoms with Crippen molar-refractivity contribution >= 4 is 23.1 Å². The number of ketones is 1. The summed E-state index contributed by atoms with van der Waals surface area (Å²) < 4.78 is 31.5. The number of benzene rings is 2. The number of hydrogen-bond donors (Lipinski definition) is 1. The normalized spacial score (nSPS) is 10.5. The molecule has 0 saturated carbocycles. The van der Waals surface area contributed by atoms with E-state index in [9.17, 15) is 13.6 Å². The van der Waals surface area contributed by atoms with Crippen LogP contribution in [0, 0.1) is 11.6 Å². The van der Waals surface area contributed by atoms with Crippen molar-refractivity contribution in [2.24, 2.45) is 0 Å². The summed E-state index contributed by atoms with van der Waals surface area (Å²) in [5, 5.41) is -0.161. The molecule has 0 unspecified atom stereocenters. The molecule has 0 aliphatic carbocycles. The molecule has 0 heterocycles. The van der Waals surface area contributed by atoms with Gasteiger partial charge < -0.3 is 10.5 Å². The molecule has 0 spiro atoms. The van der Waals surface area contributed by atoms with Crippen molar-refractivity contribution < 1.29 is 18.3 Å². The minimum atomic E-state index is -1.14. The Kier molecular flexibility index (Phi) is 4.43. The van der Waals surface area contributed by atoms with E-state index in [0.29, 0.717) is 12.4 Å². The van der Waals surface area contributed by atoms with Crippen molar-refractivity contribution in [3.05, 3.63) is 58.1 Å². The molecule has 0 aliphatic rings. The van der Waals surface area contributed by atoms with E-state index >= 15 is 0 Å². The van der Waals surface area contributed by atoms with Crippen molar-refractivity contribution in [1.29, 1.82) is 0 Å². The monoisotopic (exact) mass is 311 g/mol. The van der Waals surface area contributed by atoms with Gasteiger partial charge in [-0.3, -0.25) is 4.79 Å². The zero-order valence-corrected chi connectivity index (χ0v) is 11.9. The Labute approximate surface area is 125 Å². The summed E-state index contributed by atoms with van der Waals surface area (Å²) >= 11 is 5.78. The zero-order chi connectivity index (χ0) is 15.6. The minimum absolute atomic E-state index is 0.126. The molecule has 110 valence electrons. The zero-order valence-electron chi connectivity index (χ0n) is 11.1. The second kappa shape index (κ2) is 6.10. The molecule has 2 rings (SSSR count). The number of anilines is 1. The van der Waals surface area contributed by atoms with Crippen LogP contribution in [0.5, 0.6) is 5.75 Å². The maximum absolute atomic E-state index is 13.2. The lowest BCUT2D eigenvalue weighted by atomic mass is 10.0. The average Bonchev–Trinajstić information content (AvgIpc) is 2.44. The Morgan fingerprint density at radius 2 is 1.90 bits per heavy atom. The molecular formula is C15H12ClF2NO2. The van der Waals surface area contributed by atoms with E-state index in [1.54, 1.807) is 13.0 Å². The van der Waals surface area contributed by atoms with Gasteiger partial charge in [0.25, 0.3) is 0 Å². The highest BCUT2D eigenvalue weighted by Gasteiger charge is 2.17. The number of nitrogens with two attached hydrogens (primary N) is 1. The molecule has 0 aromatic heterocycles. The topological polar surface area (TPSA) is 52.3 Å². The second-order valence-corrected chi connectivity index (χ2v) is 4.67. The first kappa shape index (κ1) is 15.3. The Hall–Kier alpha value is -2.14. The van der Waals surface area contributed by atoms with Crippen LogP contribution in [0.2, 0.25) is 5.02 Å². The number of ether oxygens (including phenoxy) is 1. The molecule has 2 aromatic carbocycles. The van der Waals surface area contributed by atoms with Gasteiger partial charge in [0.2, 0.25) is 0 Å². The maximum Gasteiger partial charge on any atom is 0.194 e. The molecule has 0 fully saturated rings. The molecule has 21 heavy (non-hydrogen) atoms. The number of carbonyl (C=O) groups is 1. The van der Waals surface area contributed by atoms with Crippen LogP contribution in [0.3, 0.4) is 0 Å². The Morgan fingerprint density at radius 1 is 1.24 bits per heavy atom. The second-order valence-electron chi connectivity index (χ2n) is 4.26. The summed E-state index contributed by atoms with van der Waals surface area (Å²) in [6.45, 7) is 2.24. The number of hydrogen-bond acceptors (Lipinski definition) is 3. The fourth-order valence-electron chi connectivity index (χ4n) is 1.83. The van der Waals surface area contributed by atoms with E-state index < -0.39 is 17.4 Å². The highest BCUT2D eigenvalue weighted by atomic mass is 35.5. The molecule has 0 saturated heterocycles. The summed E-state index contributed by atoms with van der Waals surface area (Å²) in [5.74, 6) is -2.34. The van der Waals surface area contributed by atoms with Crippen molar-refractivity contribution in [2.75, 3.05) is 12.3 Å². The molecule has 0 aliphatic heterocycles.